The summed E-state index contributed by atoms with van der Waals surface area (Å²) in [6.07, 6.45) is 1.79. The van der Waals surface area contributed by atoms with Crippen molar-refractivity contribution >= 4 is 98.0 Å². The summed E-state index contributed by atoms with van der Waals surface area (Å²) in [5.41, 5.74) is 0.613. The first kappa shape index (κ1) is 68.6. The Balaban J connectivity index is 0.000000344. The Morgan fingerprint density at radius 3 is 1.27 bits per heavy atom. The second-order valence-electron chi connectivity index (χ2n) is 15.7. The molecule has 0 saturated heterocycles. The van der Waals surface area contributed by atoms with Gasteiger partial charge in [0.05, 0.1) is 103 Å². The summed E-state index contributed by atoms with van der Waals surface area (Å²) in [7, 11) is 5.72. The van der Waals surface area contributed by atoms with Crippen molar-refractivity contribution < 1.29 is 62.5 Å². The number of halogens is 6. The SMILES string of the molecule is CC(C)Oc1ccc([N+](=O)[O-])cc1Cl.CCCCOc1cc(OC)c(Cl)cc1[N+](=O)[O-].CCOc1cc(OC)c(Cl)cc1[N+](=O)[O-].COc1c(Cl)cc([N+](=O)[O-])c(C)c1Cl.COc1cc(OCc2ccccc2)c([N+](=O)[O-])cc1Cl. The van der Waals surface area contributed by atoms with Crippen LogP contribution in [-0.4, -0.2) is 72.4 Å². The zero-order chi connectivity index (χ0) is 60.4. The molecular formula is C51H53Cl6N5O18. The number of hydrogen-bond acceptors (Lipinski definition) is 18. The van der Waals surface area contributed by atoms with Crippen molar-refractivity contribution in [1.29, 1.82) is 0 Å². The summed E-state index contributed by atoms with van der Waals surface area (Å²) in [5.74, 6) is 2.24. The van der Waals surface area contributed by atoms with E-state index in [1.165, 1.54) is 89.1 Å². The van der Waals surface area contributed by atoms with Crippen LogP contribution < -0.4 is 37.9 Å². The van der Waals surface area contributed by atoms with Crippen molar-refractivity contribution in [2.24, 2.45) is 0 Å². The lowest BCUT2D eigenvalue weighted by Gasteiger charge is -2.10. The second-order valence-corrected chi connectivity index (χ2v) is 18.1. The highest BCUT2D eigenvalue weighted by Crippen LogP contribution is 2.42. The van der Waals surface area contributed by atoms with Crippen molar-refractivity contribution in [3.8, 4) is 46.0 Å². The molecule has 23 nitrogen and oxygen atoms in total. The maximum Gasteiger partial charge on any atom is 0.312 e. The molecule has 6 aromatic carbocycles. The van der Waals surface area contributed by atoms with Crippen LogP contribution in [0.2, 0.25) is 30.1 Å². The molecule has 0 aliphatic carbocycles. The van der Waals surface area contributed by atoms with Crippen LogP contribution >= 0.6 is 69.6 Å². The molecule has 6 rings (SSSR count). The highest BCUT2D eigenvalue weighted by Gasteiger charge is 2.23. The van der Waals surface area contributed by atoms with Crippen molar-refractivity contribution in [2.45, 2.75) is 60.2 Å². The van der Waals surface area contributed by atoms with E-state index in [9.17, 15) is 50.6 Å². The van der Waals surface area contributed by atoms with E-state index >= 15 is 0 Å². The summed E-state index contributed by atoms with van der Waals surface area (Å²) in [6, 6.07) is 22.7. The van der Waals surface area contributed by atoms with Gasteiger partial charge in [-0.1, -0.05) is 113 Å². The monoisotopic (exact) mass is 1230 g/mol. The maximum absolute atomic E-state index is 11.0. The topological polar surface area (TPSA) is 290 Å². The standard InChI is InChI=1S/C14H12ClNO4.C11H14ClNO4.C9H10ClNO4.C9H10ClNO3.C8H7Cl2NO3/c1-19-13-8-14(12(16(17)18)7-11(13)15)20-9-10-5-3-2-4-6-10;1-3-4-5-17-11-7-10(16-2)8(12)6-9(11)13(14)15;1-3-15-9-5-8(14-2)6(10)4-7(9)11(12)13;1-6(2)14-9-4-3-7(11(12)13)5-8(9)10;1-4-6(11(12)13)3-5(9)8(14-2)7(4)10/h2-8H,9H2,1H3;6-7H,3-5H2,1-2H3;4-5H,3H2,1-2H3;3-6H,1-2H3;3H,1-2H3. The van der Waals surface area contributed by atoms with Crippen LogP contribution in [0.4, 0.5) is 28.4 Å². The van der Waals surface area contributed by atoms with E-state index in [1.54, 1.807) is 13.8 Å². The second kappa shape index (κ2) is 34.5. The lowest BCUT2D eigenvalue weighted by molar-refractivity contribution is -0.386. The van der Waals surface area contributed by atoms with Crippen molar-refractivity contribution in [2.75, 3.05) is 41.7 Å². The fourth-order valence-corrected chi connectivity index (χ4v) is 7.57. The first-order valence-electron chi connectivity index (χ1n) is 23.1. The van der Waals surface area contributed by atoms with Gasteiger partial charge in [-0.05, 0) is 45.7 Å². The molecular weight excluding hydrogens is 1180 g/mol. The molecule has 0 bridgehead atoms. The zero-order valence-electron chi connectivity index (χ0n) is 44.1. The molecule has 0 N–H and O–H groups in total. The van der Waals surface area contributed by atoms with Gasteiger partial charge in [0.2, 0.25) is 17.2 Å². The van der Waals surface area contributed by atoms with E-state index in [4.69, 9.17) is 108 Å². The van der Waals surface area contributed by atoms with Crippen LogP contribution in [0.25, 0.3) is 0 Å². The average molecular weight is 1240 g/mol. The fraction of sp³-hybridized carbons (Fsp3) is 0.294. The van der Waals surface area contributed by atoms with E-state index < -0.39 is 24.6 Å². The lowest BCUT2D eigenvalue weighted by Crippen LogP contribution is -2.05. The molecule has 0 saturated carbocycles. The Bertz CT molecular complexity index is 3090. The van der Waals surface area contributed by atoms with Crippen LogP contribution in [0, 0.1) is 57.5 Å². The normalized spacial score (nSPS) is 10.1. The zero-order valence-corrected chi connectivity index (χ0v) is 48.7. The van der Waals surface area contributed by atoms with Crippen molar-refractivity contribution in [3.05, 3.63) is 183 Å². The highest BCUT2D eigenvalue weighted by molar-refractivity contribution is 6.38. The average Bonchev–Trinajstić information content (AvgIpc) is 3.42. The van der Waals surface area contributed by atoms with Gasteiger partial charge < -0.3 is 37.9 Å². The van der Waals surface area contributed by atoms with Crippen LogP contribution in [-0.2, 0) is 6.61 Å². The van der Waals surface area contributed by atoms with Crippen LogP contribution in [0.15, 0.2) is 91.0 Å². The molecule has 29 heteroatoms. The molecule has 0 heterocycles. The van der Waals surface area contributed by atoms with Gasteiger partial charge in [0.1, 0.15) is 29.6 Å². The van der Waals surface area contributed by atoms with Gasteiger partial charge in [-0.3, -0.25) is 50.6 Å². The third-order valence-electron chi connectivity index (χ3n) is 9.87. The first-order chi connectivity index (χ1) is 37.8. The largest absolute Gasteiger partial charge is 0.495 e. The minimum atomic E-state index is -0.545. The van der Waals surface area contributed by atoms with E-state index in [1.807, 2.05) is 51.1 Å². The van der Waals surface area contributed by atoms with E-state index in [0.717, 1.165) is 18.4 Å². The molecule has 0 fully saturated rings. The number of rotatable bonds is 20. The maximum atomic E-state index is 11.0. The Morgan fingerprint density at radius 1 is 0.475 bits per heavy atom. The van der Waals surface area contributed by atoms with Gasteiger partial charge in [-0.15, -0.1) is 0 Å². The summed E-state index contributed by atoms with van der Waals surface area (Å²) in [5, 5.41) is 54.6. The van der Waals surface area contributed by atoms with Crippen LogP contribution in [0.1, 0.15) is 51.7 Å². The number of non-ortho nitro benzene ring substituents is 1. The smallest absolute Gasteiger partial charge is 0.312 e. The summed E-state index contributed by atoms with van der Waals surface area (Å²) in [4.78, 5) is 50.9. The molecule has 0 atom stereocenters. The van der Waals surface area contributed by atoms with Crippen LogP contribution in [0.5, 0.6) is 46.0 Å². The Morgan fingerprint density at radius 2 is 0.900 bits per heavy atom. The van der Waals surface area contributed by atoms with E-state index in [0.29, 0.717) is 41.8 Å². The first-order valence-corrected chi connectivity index (χ1v) is 25.3. The molecule has 0 aromatic heterocycles. The number of nitro groups is 5. The number of unbranched alkanes of at least 4 members (excludes halogenated alkanes) is 1. The Labute approximate surface area is 488 Å². The van der Waals surface area contributed by atoms with Crippen molar-refractivity contribution in [1.82, 2.24) is 0 Å². The van der Waals surface area contributed by atoms with Gasteiger partial charge >= 0.3 is 17.1 Å². The molecule has 0 radical (unpaired) electrons. The van der Waals surface area contributed by atoms with Gasteiger partial charge in [-0.25, -0.2) is 0 Å². The number of nitro benzene ring substituents is 5. The minimum Gasteiger partial charge on any atom is -0.495 e. The summed E-state index contributed by atoms with van der Waals surface area (Å²) >= 11 is 34.8. The number of nitrogens with zero attached hydrogens (tertiary/aromatic N) is 5. The predicted octanol–water partition coefficient (Wildman–Crippen LogP) is 16.2. The minimum absolute atomic E-state index is 0.00560. The summed E-state index contributed by atoms with van der Waals surface area (Å²) < 4.78 is 41.2. The molecule has 432 valence electrons. The fourth-order valence-electron chi connectivity index (χ4n) is 6.05. The predicted molar refractivity (Wildman–Crippen MR) is 305 cm³/mol. The molecule has 80 heavy (non-hydrogen) atoms. The van der Waals surface area contributed by atoms with Crippen molar-refractivity contribution in [3.63, 3.8) is 0 Å². The quantitative estimate of drug-likeness (QED) is 0.0390. The van der Waals surface area contributed by atoms with Gasteiger partial charge in [0, 0.05) is 60.2 Å². The van der Waals surface area contributed by atoms with Gasteiger partial charge in [-0.2, -0.15) is 0 Å². The third kappa shape index (κ3) is 21.3. The Hall–Kier alpha value is -7.54. The highest BCUT2D eigenvalue weighted by atomic mass is 35.5. The Kier molecular flexibility index (Phi) is 29.5. The van der Waals surface area contributed by atoms with Gasteiger partial charge in [0.25, 0.3) is 11.4 Å². The molecule has 0 amide bonds. The van der Waals surface area contributed by atoms with Gasteiger partial charge in [0.15, 0.2) is 5.75 Å². The lowest BCUT2D eigenvalue weighted by atomic mass is 10.2. The number of ether oxygens (including phenoxy) is 8. The number of hydrogen-bond donors (Lipinski definition) is 0. The molecule has 6 aromatic rings. The number of benzene rings is 6. The van der Waals surface area contributed by atoms with E-state index in [-0.39, 0.29) is 94.3 Å². The number of methoxy groups -OCH3 is 4. The molecule has 0 aliphatic rings. The molecule has 0 unspecified atom stereocenters. The third-order valence-corrected chi connectivity index (χ3v) is 11.8. The van der Waals surface area contributed by atoms with E-state index in [2.05, 4.69) is 0 Å². The summed E-state index contributed by atoms with van der Waals surface area (Å²) in [6.45, 7) is 10.0. The molecule has 0 aliphatic heterocycles. The van der Waals surface area contributed by atoms with Crippen LogP contribution in [0.3, 0.4) is 0 Å². The molecule has 0 spiro atoms.